The lowest BCUT2D eigenvalue weighted by atomic mass is 10.0. The predicted octanol–water partition coefficient (Wildman–Crippen LogP) is 3.20. The third kappa shape index (κ3) is 3.93. The fraction of sp³-hybridized carbons (Fsp3) is 0.350. The van der Waals surface area contributed by atoms with Crippen LogP contribution in [0.15, 0.2) is 40.8 Å². The average molecular weight is 368 g/mol. The summed E-state index contributed by atoms with van der Waals surface area (Å²) >= 11 is 0. The van der Waals surface area contributed by atoms with Gasteiger partial charge in [-0.25, -0.2) is 0 Å². The number of phenolic OH excluding ortho intramolecular Hbond substituents is 1. The number of methoxy groups -OCH3 is 1. The number of nitrogen functional groups attached to an aromatic ring is 1. The molecule has 7 heteroatoms. The highest BCUT2D eigenvalue weighted by Crippen LogP contribution is 2.28. The Morgan fingerprint density at radius 1 is 1.26 bits per heavy atom. The van der Waals surface area contributed by atoms with Crippen molar-refractivity contribution in [1.82, 2.24) is 9.88 Å². The number of fused-ring (bicyclic) bond motifs is 1. The van der Waals surface area contributed by atoms with Crippen molar-refractivity contribution in [3.8, 4) is 11.5 Å². The monoisotopic (exact) mass is 368 g/mol. The van der Waals surface area contributed by atoms with Gasteiger partial charge in [0.2, 0.25) is 0 Å². The van der Waals surface area contributed by atoms with Crippen molar-refractivity contribution in [1.29, 1.82) is 0 Å². The fourth-order valence-electron chi connectivity index (χ4n) is 3.51. The quantitative estimate of drug-likeness (QED) is 0.595. The first-order valence-electron chi connectivity index (χ1n) is 9.11. The van der Waals surface area contributed by atoms with E-state index in [1.807, 2.05) is 24.3 Å². The Bertz CT molecular complexity index is 932. The summed E-state index contributed by atoms with van der Waals surface area (Å²) in [5.74, 6) is 0.685. The molecule has 1 aliphatic heterocycles. The van der Waals surface area contributed by atoms with Crippen LogP contribution in [0.5, 0.6) is 11.5 Å². The summed E-state index contributed by atoms with van der Waals surface area (Å²) in [6.45, 7) is 2.75. The van der Waals surface area contributed by atoms with Crippen LogP contribution in [0.3, 0.4) is 0 Å². The summed E-state index contributed by atoms with van der Waals surface area (Å²) in [7, 11) is 1.55. The van der Waals surface area contributed by atoms with E-state index in [1.54, 1.807) is 19.2 Å². The van der Waals surface area contributed by atoms with Gasteiger partial charge in [0.05, 0.1) is 7.11 Å². The summed E-state index contributed by atoms with van der Waals surface area (Å²) in [6, 6.07) is 11.9. The van der Waals surface area contributed by atoms with Gasteiger partial charge in [-0.05, 0) is 48.7 Å². The number of hydrogen-bond acceptors (Lipinski definition) is 7. The molecule has 4 rings (SSSR count). The second-order valence-electron chi connectivity index (χ2n) is 6.95. The molecular weight excluding hydrogens is 344 g/mol. The Labute approximate surface area is 157 Å². The molecule has 4 N–H and O–H groups in total. The Morgan fingerprint density at radius 2 is 2.07 bits per heavy atom. The fourth-order valence-corrected chi connectivity index (χ4v) is 3.51. The van der Waals surface area contributed by atoms with Crippen molar-refractivity contribution in [2.75, 3.05) is 31.2 Å². The first-order chi connectivity index (χ1) is 13.1. The van der Waals surface area contributed by atoms with Crippen molar-refractivity contribution >= 4 is 22.8 Å². The number of aromatic hydroxyl groups is 1. The van der Waals surface area contributed by atoms with Crippen LogP contribution in [0.4, 0.5) is 11.7 Å². The van der Waals surface area contributed by atoms with Gasteiger partial charge in [-0.1, -0.05) is 6.07 Å². The first-order valence-corrected chi connectivity index (χ1v) is 9.11. The third-order valence-corrected chi connectivity index (χ3v) is 4.98. The van der Waals surface area contributed by atoms with Gasteiger partial charge >= 0.3 is 0 Å². The van der Waals surface area contributed by atoms with E-state index in [4.69, 9.17) is 14.9 Å². The summed E-state index contributed by atoms with van der Waals surface area (Å²) in [5.41, 5.74) is 9.06. The van der Waals surface area contributed by atoms with E-state index < -0.39 is 0 Å². The van der Waals surface area contributed by atoms with Crippen LogP contribution in [0.1, 0.15) is 18.4 Å². The molecule has 0 unspecified atom stereocenters. The third-order valence-electron chi connectivity index (χ3n) is 4.98. The summed E-state index contributed by atoms with van der Waals surface area (Å²) in [6.07, 6.45) is 2.01. The average Bonchev–Trinajstić information content (AvgIpc) is 3.05. The highest BCUT2D eigenvalue weighted by Gasteiger charge is 2.21. The number of phenols is 1. The number of anilines is 2. The summed E-state index contributed by atoms with van der Waals surface area (Å²) in [5, 5.41) is 13.3. The topological polar surface area (TPSA) is 96.8 Å². The standard InChI is InChI=1S/C20H24N4O3/c1-26-19-4-2-13(10-17(19)25)12-24-8-6-15(7-9-24)22-20-23-16-11-14(21)3-5-18(16)27-20/h2-5,10-11,15,25H,6-9,12,21H2,1H3,(H,22,23). The number of likely N-dealkylation sites (tertiary alicyclic amines) is 1. The van der Waals surface area contributed by atoms with Gasteiger partial charge in [0.25, 0.3) is 6.01 Å². The molecule has 1 aromatic heterocycles. The van der Waals surface area contributed by atoms with E-state index in [2.05, 4.69) is 15.2 Å². The maximum Gasteiger partial charge on any atom is 0.295 e. The van der Waals surface area contributed by atoms with E-state index in [0.717, 1.165) is 49.1 Å². The molecule has 0 atom stereocenters. The second-order valence-corrected chi connectivity index (χ2v) is 6.95. The maximum atomic E-state index is 9.93. The van der Waals surface area contributed by atoms with Gasteiger partial charge < -0.3 is 25.3 Å². The molecule has 0 radical (unpaired) electrons. The summed E-state index contributed by atoms with van der Waals surface area (Å²) < 4.78 is 10.8. The van der Waals surface area contributed by atoms with E-state index in [0.29, 0.717) is 23.5 Å². The van der Waals surface area contributed by atoms with Crippen LogP contribution >= 0.6 is 0 Å². The van der Waals surface area contributed by atoms with Crippen LogP contribution in [0, 0.1) is 0 Å². The molecule has 27 heavy (non-hydrogen) atoms. The van der Waals surface area contributed by atoms with Crippen LogP contribution in [0.2, 0.25) is 0 Å². The molecule has 2 aromatic carbocycles. The lowest BCUT2D eigenvalue weighted by molar-refractivity contribution is 0.210. The van der Waals surface area contributed by atoms with Crippen molar-refractivity contribution in [2.24, 2.45) is 0 Å². The van der Waals surface area contributed by atoms with Crippen molar-refractivity contribution < 1.29 is 14.3 Å². The number of aromatic nitrogens is 1. The zero-order valence-electron chi connectivity index (χ0n) is 15.3. The predicted molar refractivity (Wildman–Crippen MR) is 105 cm³/mol. The van der Waals surface area contributed by atoms with Gasteiger partial charge in [0.1, 0.15) is 5.52 Å². The largest absolute Gasteiger partial charge is 0.504 e. The molecule has 2 heterocycles. The molecule has 0 spiro atoms. The Morgan fingerprint density at radius 3 is 2.81 bits per heavy atom. The van der Waals surface area contributed by atoms with Crippen LogP contribution < -0.4 is 15.8 Å². The Kier molecular flexibility index (Phi) is 4.77. The molecule has 1 saturated heterocycles. The maximum absolute atomic E-state index is 9.93. The van der Waals surface area contributed by atoms with E-state index >= 15 is 0 Å². The van der Waals surface area contributed by atoms with Gasteiger partial charge in [0, 0.05) is 31.4 Å². The molecule has 0 saturated carbocycles. The highest BCUT2D eigenvalue weighted by atomic mass is 16.5. The number of nitrogens with two attached hydrogens (primary N) is 1. The Balaban J connectivity index is 1.32. The summed E-state index contributed by atoms with van der Waals surface area (Å²) in [4.78, 5) is 6.85. The Hall–Kier alpha value is -2.93. The van der Waals surface area contributed by atoms with E-state index in [9.17, 15) is 5.11 Å². The number of ether oxygens (including phenoxy) is 1. The molecule has 0 bridgehead atoms. The minimum absolute atomic E-state index is 0.183. The normalized spacial score (nSPS) is 15.9. The lowest BCUT2D eigenvalue weighted by Crippen LogP contribution is -2.38. The van der Waals surface area contributed by atoms with Crippen molar-refractivity contribution in [3.63, 3.8) is 0 Å². The van der Waals surface area contributed by atoms with Gasteiger partial charge in [-0.15, -0.1) is 0 Å². The van der Waals surface area contributed by atoms with Crippen molar-refractivity contribution in [3.05, 3.63) is 42.0 Å². The highest BCUT2D eigenvalue weighted by molar-refractivity contribution is 5.78. The number of nitrogens with one attached hydrogen (secondary N) is 1. The first kappa shape index (κ1) is 17.5. The number of piperidine rings is 1. The molecule has 1 fully saturated rings. The molecule has 3 aromatic rings. The SMILES string of the molecule is COc1ccc(CN2CCC(Nc3nc4cc(N)ccc4o3)CC2)cc1O. The zero-order chi connectivity index (χ0) is 18.8. The number of benzene rings is 2. The number of nitrogens with zero attached hydrogens (tertiary/aromatic N) is 2. The molecular formula is C20H24N4O3. The van der Waals surface area contributed by atoms with Crippen molar-refractivity contribution in [2.45, 2.75) is 25.4 Å². The van der Waals surface area contributed by atoms with Crippen LogP contribution in [-0.2, 0) is 6.54 Å². The molecule has 142 valence electrons. The number of oxazole rings is 1. The smallest absolute Gasteiger partial charge is 0.295 e. The van der Waals surface area contributed by atoms with Gasteiger partial charge in [-0.3, -0.25) is 4.90 Å². The van der Waals surface area contributed by atoms with E-state index in [1.165, 1.54) is 0 Å². The second kappa shape index (κ2) is 7.36. The van der Waals surface area contributed by atoms with Gasteiger partial charge in [0.15, 0.2) is 17.1 Å². The molecule has 1 aliphatic rings. The molecule has 0 amide bonds. The minimum Gasteiger partial charge on any atom is -0.504 e. The molecule has 7 nitrogen and oxygen atoms in total. The van der Waals surface area contributed by atoms with E-state index in [-0.39, 0.29) is 5.75 Å². The zero-order valence-corrected chi connectivity index (χ0v) is 15.3. The lowest BCUT2D eigenvalue weighted by Gasteiger charge is -2.32. The van der Waals surface area contributed by atoms with Crippen LogP contribution in [0.25, 0.3) is 11.1 Å². The van der Waals surface area contributed by atoms with Gasteiger partial charge in [-0.2, -0.15) is 4.98 Å². The molecule has 0 aliphatic carbocycles. The number of rotatable bonds is 5. The van der Waals surface area contributed by atoms with Crippen LogP contribution in [-0.4, -0.2) is 41.2 Å². The minimum atomic E-state index is 0.183. The number of hydrogen-bond donors (Lipinski definition) is 3.